The van der Waals surface area contributed by atoms with Crippen LogP contribution in [0.4, 0.5) is 0 Å². The highest BCUT2D eigenvalue weighted by molar-refractivity contribution is 4.96. The van der Waals surface area contributed by atoms with E-state index in [-0.39, 0.29) is 0 Å². The lowest BCUT2D eigenvalue weighted by atomic mass is 9.80. The van der Waals surface area contributed by atoms with Crippen LogP contribution in [-0.2, 0) is 0 Å². The van der Waals surface area contributed by atoms with Gasteiger partial charge in [0.25, 0.3) is 0 Å². The average molecular weight is 264 g/mol. The highest BCUT2D eigenvalue weighted by Gasteiger charge is 2.40. The summed E-state index contributed by atoms with van der Waals surface area (Å²) in [5.74, 6) is 0.982. The lowest BCUT2D eigenvalue weighted by molar-refractivity contribution is -0.0138. The number of fused-ring (bicyclic) bond motifs is 1. The zero-order valence-corrected chi connectivity index (χ0v) is 13.0. The van der Waals surface area contributed by atoms with Crippen molar-refractivity contribution in [3.8, 4) is 0 Å². The van der Waals surface area contributed by atoms with E-state index in [9.17, 15) is 0 Å². The maximum absolute atomic E-state index is 2.96. The standard InChI is InChI=1S/C17H32N2/c1-3-14-8-5-6-10-17(14)19-13-16-9-7-11-18(16)12-15(19)4-2/h14-17H,3-13H2,1-2H3. The number of hydrogen-bond donors (Lipinski definition) is 0. The summed E-state index contributed by atoms with van der Waals surface area (Å²) in [5, 5.41) is 0. The van der Waals surface area contributed by atoms with Crippen molar-refractivity contribution < 1.29 is 0 Å². The molecule has 2 nitrogen and oxygen atoms in total. The lowest BCUT2D eigenvalue weighted by Crippen LogP contribution is -2.60. The van der Waals surface area contributed by atoms with Gasteiger partial charge in [-0.05, 0) is 44.6 Å². The van der Waals surface area contributed by atoms with Crippen LogP contribution < -0.4 is 0 Å². The van der Waals surface area contributed by atoms with E-state index in [2.05, 4.69) is 23.6 Å². The Morgan fingerprint density at radius 1 is 0.895 bits per heavy atom. The second-order valence-corrected chi connectivity index (χ2v) is 7.07. The monoisotopic (exact) mass is 264 g/mol. The summed E-state index contributed by atoms with van der Waals surface area (Å²) in [5.41, 5.74) is 0. The van der Waals surface area contributed by atoms with Crippen molar-refractivity contribution in [2.45, 2.75) is 83.3 Å². The van der Waals surface area contributed by atoms with E-state index in [0.29, 0.717) is 0 Å². The number of piperazine rings is 1. The topological polar surface area (TPSA) is 6.48 Å². The molecule has 19 heavy (non-hydrogen) atoms. The molecule has 2 heteroatoms. The summed E-state index contributed by atoms with van der Waals surface area (Å²) < 4.78 is 0. The largest absolute Gasteiger partial charge is 0.298 e. The predicted molar refractivity (Wildman–Crippen MR) is 81.4 cm³/mol. The third-order valence-corrected chi connectivity index (χ3v) is 6.13. The number of nitrogens with zero attached hydrogens (tertiary/aromatic N) is 2. The molecule has 0 radical (unpaired) electrons. The molecule has 3 rings (SSSR count). The Balaban J connectivity index is 1.72. The molecule has 0 aromatic heterocycles. The summed E-state index contributed by atoms with van der Waals surface area (Å²) in [6.45, 7) is 8.91. The van der Waals surface area contributed by atoms with Crippen molar-refractivity contribution in [3.63, 3.8) is 0 Å². The zero-order valence-electron chi connectivity index (χ0n) is 13.0. The first-order valence-electron chi connectivity index (χ1n) is 8.83. The molecule has 1 saturated carbocycles. The maximum atomic E-state index is 2.96. The van der Waals surface area contributed by atoms with Gasteiger partial charge in [0, 0.05) is 31.2 Å². The van der Waals surface area contributed by atoms with Crippen LogP contribution in [0.5, 0.6) is 0 Å². The van der Waals surface area contributed by atoms with Crippen molar-refractivity contribution in [1.29, 1.82) is 0 Å². The van der Waals surface area contributed by atoms with Crippen LogP contribution in [0.25, 0.3) is 0 Å². The second kappa shape index (κ2) is 6.13. The van der Waals surface area contributed by atoms with Crippen LogP contribution in [0, 0.1) is 5.92 Å². The van der Waals surface area contributed by atoms with Gasteiger partial charge in [0.15, 0.2) is 0 Å². The highest BCUT2D eigenvalue weighted by Crippen LogP contribution is 2.35. The van der Waals surface area contributed by atoms with Gasteiger partial charge in [-0.15, -0.1) is 0 Å². The van der Waals surface area contributed by atoms with Gasteiger partial charge in [-0.1, -0.05) is 33.1 Å². The Labute approximate surface area is 119 Å². The third kappa shape index (κ3) is 2.71. The Morgan fingerprint density at radius 2 is 1.74 bits per heavy atom. The molecule has 4 unspecified atom stereocenters. The first-order valence-corrected chi connectivity index (χ1v) is 8.83. The normalized spacial score (nSPS) is 41.4. The molecular weight excluding hydrogens is 232 g/mol. The molecular formula is C17H32N2. The Hall–Kier alpha value is -0.0800. The summed E-state index contributed by atoms with van der Waals surface area (Å²) in [4.78, 5) is 5.74. The molecule has 110 valence electrons. The van der Waals surface area contributed by atoms with E-state index in [1.807, 2.05) is 0 Å². The highest BCUT2D eigenvalue weighted by atomic mass is 15.3. The van der Waals surface area contributed by atoms with Crippen molar-refractivity contribution in [1.82, 2.24) is 9.80 Å². The summed E-state index contributed by atoms with van der Waals surface area (Å²) in [6, 6.07) is 2.64. The van der Waals surface area contributed by atoms with E-state index >= 15 is 0 Å². The van der Waals surface area contributed by atoms with Gasteiger partial charge in [0.05, 0.1) is 0 Å². The van der Waals surface area contributed by atoms with Crippen molar-refractivity contribution in [2.24, 2.45) is 5.92 Å². The Bertz CT molecular complexity index is 291. The predicted octanol–water partition coefficient (Wildman–Crippen LogP) is 3.51. The molecule has 3 fully saturated rings. The van der Waals surface area contributed by atoms with Crippen LogP contribution in [0.2, 0.25) is 0 Å². The van der Waals surface area contributed by atoms with Crippen LogP contribution in [0.3, 0.4) is 0 Å². The molecule has 2 aliphatic heterocycles. The minimum absolute atomic E-state index is 0.839. The Kier molecular flexibility index (Phi) is 4.48. The SMILES string of the molecule is CCC1CCCCC1N1CC2CCCN2CC1CC. The average Bonchev–Trinajstić information content (AvgIpc) is 2.93. The van der Waals surface area contributed by atoms with Crippen molar-refractivity contribution in [2.75, 3.05) is 19.6 Å². The van der Waals surface area contributed by atoms with E-state index in [4.69, 9.17) is 0 Å². The van der Waals surface area contributed by atoms with Crippen LogP contribution in [0.15, 0.2) is 0 Å². The molecule has 1 aliphatic carbocycles. The fourth-order valence-corrected chi connectivity index (χ4v) is 4.98. The van der Waals surface area contributed by atoms with Crippen molar-refractivity contribution in [3.05, 3.63) is 0 Å². The van der Waals surface area contributed by atoms with E-state index in [1.165, 1.54) is 71.0 Å². The van der Waals surface area contributed by atoms with E-state index in [1.54, 1.807) is 0 Å². The van der Waals surface area contributed by atoms with Crippen LogP contribution >= 0.6 is 0 Å². The molecule has 0 bridgehead atoms. The molecule has 4 atom stereocenters. The number of rotatable bonds is 3. The fraction of sp³-hybridized carbons (Fsp3) is 1.00. The molecule has 0 aromatic carbocycles. The fourth-order valence-electron chi connectivity index (χ4n) is 4.98. The van der Waals surface area contributed by atoms with Gasteiger partial charge in [0.1, 0.15) is 0 Å². The third-order valence-electron chi connectivity index (χ3n) is 6.13. The first kappa shape index (κ1) is 13.9. The molecule has 3 aliphatic rings. The van der Waals surface area contributed by atoms with Gasteiger partial charge >= 0.3 is 0 Å². The minimum atomic E-state index is 0.839. The summed E-state index contributed by atoms with van der Waals surface area (Å²) in [6.07, 6.45) is 11.6. The zero-order chi connectivity index (χ0) is 13.2. The van der Waals surface area contributed by atoms with Crippen molar-refractivity contribution >= 4 is 0 Å². The van der Waals surface area contributed by atoms with E-state index in [0.717, 1.165) is 24.0 Å². The van der Waals surface area contributed by atoms with Gasteiger partial charge in [-0.3, -0.25) is 9.80 Å². The lowest BCUT2D eigenvalue weighted by Gasteiger charge is -2.50. The van der Waals surface area contributed by atoms with Gasteiger partial charge in [-0.2, -0.15) is 0 Å². The molecule has 0 aromatic rings. The molecule has 2 heterocycles. The first-order chi connectivity index (χ1) is 9.33. The van der Waals surface area contributed by atoms with Crippen LogP contribution in [-0.4, -0.2) is 47.6 Å². The molecule has 0 amide bonds. The van der Waals surface area contributed by atoms with Gasteiger partial charge < -0.3 is 0 Å². The quantitative estimate of drug-likeness (QED) is 0.769. The Morgan fingerprint density at radius 3 is 2.53 bits per heavy atom. The van der Waals surface area contributed by atoms with Crippen LogP contribution in [0.1, 0.15) is 65.2 Å². The smallest absolute Gasteiger partial charge is 0.0224 e. The van der Waals surface area contributed by atoms with E-state index < -0.39 is 0 Å². The molecule has 0 N–H and O–H groups in total. The summed E-state index contributed by atoms with van der Waals surface area (Å²) >= 11 is 0. The molecule has 2 saturated heterocycles. The molecule has 0 spiro atoms. The van der Waals surface area contributed by atoms with Gasteiger partial charge in [0.2, 0.25) is 0 Å². The number of hydrogen-bond acceptors (Lipinski definition) is 2. The summed E-state index contributed by atoms with van der Waals surface area (Å²) in [7, 11) is 0. The van der Waals surface area contributed by atoms with Gasteiger partial charge in [-0.25, -0.2) is 0 Å². The minimum Gasteiger partial charge on any atom is -0.298 e. The maximum Gasteiger partial charge on any atom is 0.0224 e. The second-order valence-electron chi connectivity index (χ2n) is 7.07.